The number of nitrogens with zero attached hydrogens (tertiary/aromatic N) is 3. The Bertz CT molecular complexity index is 1320. The molecule has 0 unspecified atom stereocenters. The van der Waals surface area contributed by atoms with Crippen LogP contribution in [0.1, 0.15) is 51.9 Å². The topological polar surface area (TPSA) is 136 Å². The monoisotopic (exact) mass is 538 g/mol. The summed E-state index contributed by atoms with van der Waals surface area (Å²) >= 11 is 0. The lowest BCUT2D eigenvalue weighted by Crippen LogP contribution is -2.39. The molecule has 3 aromatic carbocycles. The van der Waals surface area contributed by atoms with Crippen LogP contribution in [0, 0.1) is 28.6 Å². The maximum Gasteiger partial charge on any atom is 0.404 e. The van der Waals surface area contributed by atoms with Crippen molar-refractivity contribution in [3.63, 3.8) is 0 Å². The highest BCUT2D eigenvalue weighted by atomic mass is 16.5. The summed E-state index contributed by atoms with van der Waals surface area (Å²) in [7, 11) is 0. The van der Waals surface area contributed by atoms with E-state index >= 15 is 0 Å². The molecular weight excluding hydrogens is 508 g/mol. The van der Waals surface area contributed by atoms with Crippen LogP contribution in [0.15, 0.2) is 66.7 Å². The van der Waals surface area contributed by atoms with Gasteiger partial charge in [-0.15, -0.1) is 0 Å². The molecule has 1 fully saturated rings. The molecule has 3 aromatic rings. The third kappa shape index (κ3) is 7.99. The minimum Gasteiger partial charge on any atom is -0.489 e. The van der Waals surface area contributed by atoms with Gasteiger partial charge in [-0.1, -0.05) is 24.3 Å². The predicted octanol–water partition coefficient (Wildman–Crippen LogP) is 5.10. The Kier molecular flexibility index (Phi) is 9.58. The first-order valence-corrected chi connectivity index (χ1v) is 13.1. The van der Waals surface area contributed by atoms with Crippen LogP contribution in [0.2, 0.25) is 0 Å². The number of nitriles is 2. The van der Waals surface area contributed by atoms with Gasteiger partial charge in [0.25, 0.3) is 5.91 Å². The molecule has 0 radical (unpaired) electrons. The maximum absolute atomic E-state index is 13.5. The van der Waals surface area contributed by atoms with Crippen molar-refractivity contribution in [2.75, 3.05) is 19.6 Å². The summed E-state index contributed by atoms with van der Waals surface area (Å²) in [6.45, 7) is 2.11. The number of amides is 2. The molecule has 40 heavy (non-hydrogen) atoms. The van der Waals surface area contributed by atoms with Gasteiger partial charge >= 0.3 is 6.09 Å². The average Bonchev–Trinajstić information content (AvgIpc) is 2.99. The third-order valence-electron chi connectivity index (χ3n) is 6.83. The van der Waals surface area contributed by atoms with E-state index in [0.717, 1.165) is 30.4 Å². The zero-order valence-electron chi connectivity index (χ0n) is 22.0. The molecule has 0 saturated carbocycles. The molecule has 1 aliphatic heterocycles. The van der Waals surface area contributed by atoms with Crippen LogP contribution < -0.4 is 14.8 Å². The quantitative estimate of drug-likeness (QED) is 0.367. The van der Waals surface area contributed by atoms with Crippen molar-refractivity contribution < 1.29 is 24.2 Å². The Morgan fingerprint density at radius 1 is 0.850 bits per heavy atom. The fraction of sp³-hybridized carbons (Fsp3) is 0.290. The number of benzene rings is 3. The average molecular weight is 539 g/mol. The number of ether oxygens (including phenoxy) is 2. The Labute approximate surface area is 233 Å². The first-order valence-electron chi connectivity index (χ1n) is 13.1. The molecule has 0 aliphatic carbocycles. The molecular formula is C31H30N4O5. The van der Waals surface area contributed by atoms with Gasteiger partial charge in [-0.3, -0.25) is 4.79 Å². The lowest BCUT2D eigenvalue weighted by molar-refractivity contribution is 0.0686. The van der Waals surface area contributed by atoms with E-state index in [1.54, 1.807) is 42.5 Å². The van der Waals surface area contributed by atoms with E-state index in [-0.39, 0.29) is 19.1 Å². The summed E-state index contributed by atoms with van der Waals surface area (Å²) in [6, 6.07) is 23.6. The van der Waals surface area contributed by atoms with E-state index < -0.39 is 6.09 Å². The zero-order chi connectivity index (χ0) is 28.3. The molecule has 4 rings (SSSR count). The van der Waals surface area contributed by atoms with Gasteiger partial charge in [-0.2, -0.15) is 10.5 Å². The van der Waals surface area contributed by atoms with Gasteiger partial charge in [0.1, 0.15) is 24.7 Å². The van der Waals surface area contributed by atoms with Crippen LogP contribution in [0.4, 0.5) is 4.79 Å². The van der Waals surface area contributed by atoms with Crippen molar-refractivity contribution in [2.24, 2.45) is 5.92 Å². The van der Waals surface area contributed by atoms with Gasteiger partial charge in [0, 0.05) is 31.3 Å². The largest absolute Gasteiger partial charge is 0.489 e. The molecule has 9 nitrogen and oxygen atoms in total. The number of carboxylic acid groups (broad SMARTS) is 1. The van der Waals surface area contributed by atoms with Crippen LogP contribution in [-0.4, -0.2) is 41.6 Å². The highest BCUT2D eigenvalue weighted by Gasteiger charge is 2.24. The molecule has 204 valence electrons. The standard InChI is InChI=1S/C31H30N4O5/c32-18-23-1-5-25(6-2-23)20-39-28-15-27(16-29(17-28)40-21-26-7-3-24(19-33)4-8-26)30(36)35-13-10-22(11-14-35)9-12-34-31(37)38/h1-8,15-17,22,34H,9-14,20-21H2,(H,37,38). The van der Waals surface area contributed by atoms with E-state index in [4.69, 9.17) is 25.1 Å². The van der Waals surface area contributed by atoms with Gasteiger partial charge < -0.3 is 24.8 Å². The normalized spacial score (nSPS) is 13.1. The summed E-state index contributed by atoms with van der Waals surface area (Å²) in [5.41, 5.74) is 3.36. The smallest absolute Gasteiger partial charge is 0.404 e. The highest BCUT2D eigenvalue weighted by Crippen LogP contribution is 2.28. The molecule has 0 aromatic heterocycles. The summed E-state index contributed by atoms with van der Waals surface area (Å²) in [5, 5.41) is 29.2. The number of carbonyl (C=O) groups excluding carboxylic acids is 1. The van der Waals surface area contributed by atoms with E-state index in [1.807, 2.05) is 29.2 Å². The molecule has 0 spiro atoms. The second-order valence-electron chi connectivity index (χ2n) is 9.64. The maximum atomic E-state index is 13.5. The van der Waals surface area contributed by atoms with E-state index in [9.17, 15) is 9.59 Å². The molecule has 2 N–H and O–H groups in total. The second-order valence-corrected chi connectivity index (χ2v) is 9.64. The third-order valence-corrected chi connectivity index (χ3v) is 6.83. The van der Waals surface area contributed by atoms with Crippen molar-refractivity contribution in [3.05, 3.63) is 94.5 Å². The first kappa shape index (κ1) is 28.0. The number of rotatable bonds is 10. The number of nitrogens with one attached hydrogen (secondary N) is 1. The number of likely N-dealkylation sites (tertiary alicyclic amines) is 1. The van der Waals surface area contributed by atoms with Gasteiger partial charge in [0.15, 0.2) is 0 Å². The molecule has 0 atom stereocenters. The van der Waals surface area contributed by atoms with Gasteiger partial charge in [0.05, 0.1) is 23.3 Å². The first-order chi connectivity index (χ1) is 19.4. The summed E-state index contributed by atoms with van der Waals surface area (Å²) in [6.07, 6.45) is 1.35. The molecule has 0 bridgehead atoms. The van der Waals surface area contributed by atoms with E-state index in [1.165, 1.54) is 0 Å². The Morgan fingerprint density at radius 3 is 1.80 bits per heavy atom. The highest BCUT2D eigenvalue weighted by molar-refractivity contribution is 5.95. The molecule has 1 aliphatic rings. The summed E-state index contributed by atoms with van der Waals surface area (Å²) < 4.78 is 12.0. The Balaban J connectivity index is 1.45. The molecule has 2 amide bonds. The van der Waals surface area contributed by atoms with E-state index in [2.05, 4.69) is 17.5 Å². The van der Waals surface area contributed by atoms with Crippen molar-refractivity contribution in [1.82, 2.24) is 10.2 Å². The number of hydrogen-bond donors (Lipinski definition) is 2. The number of hydrogen-bond acceptors (Lipinski definition) is 6. The fourth-order valence-corrected chi connectivity index (χ4v) is 4.54. The van der Waals surface area contributed by atoms with Crippen LogP contribution in [0.5, 0.6) is 11.5 Å². The van der Waals surface area contributed by atoms with Gasteiger partial charge in [-0.05, 0) is 72.7 Å². The Morgan fingerprint density at radius 2 is 1.35 bits per heavy atom. The van der Waals surface area contributed by atoms with Crippen molar-refractivity contribution in [1.29, 1.82) is 10.5 Å². The SMILES string of the molecule is N#Cc1ccc(COc2cc(OCc3ccc(C#N)cc3)cc(C(=O)N3CCC(CCNC(=O)O)CC3)c2)cc1. The summed E-state index contributed by atoms with van der Waals surface area (Å²) in [4.78, 5) is 26.0. The minimum absolute atomic E-state index is 0.117. The van der Waals surface area contributed by atoms with E-state index in [0.29, 0.717) is 53.7 Å². The van der Waals surface area contributed by atoms with Crippen LogP contribution in [0.25, 0.3) is 0 Å². The second kappa shape index (κ2) is 13.7. The zero-order valence-corrected chi connectivity index (χ0v) is 22.0. The molecule has 9 heteroatoms. The lowest BCUT2D eigenvalue weighted by Gasteiger charge is -2.32. The number of piperidine rings is 1. The van der Waals surface area contributed by atoms with Crippen LogP contribution in [-0.2, 0) is 13.2 Å². The molecule has 1 heterocycles. The van der Waals surface area contributed by atoms with Gasteiger partial charge in [0.2, 0.25) is 0 Å². The minimum atomic E-state index is -1.02. The van der Waals surface area contributed by atoms with Crippen LogP contribution >= 0.6 is 0 Å². The van der Waals surface area contributed by atoms with Crippen molar-refractivity contribution >= 4 is 12.0 Å². The van der Waals surface area contributed by atoms with Gasteiger partial charge in [-0.25, -0.2) is 4.79 Å². The Hall–Kier alpha value is -5.02. The number of carbonyl (C=O) groups is 2. The summed E-state index contributed by atoms with van der Waals surface area (Å²) in [5.74, 6) is 1.22. The predicted molar refractivity (Wildman–Crippen MR) is 147 cm³/mol. The molecule has 1 saturated heterocycles. The van der Waals surface area contributed by atoms with Crippen molar-refractivity contribution in [3.8, 4) is 23.6 Å². The van der Waals surface area contributed by atoms with Crippen LogP contribution in [0.3, 0.4) is 0 Å². The fourth-order valence-electron chi connectivity index (χ4n) is 4.54. The van der Waals surface area contributed by atoms with Crippen molar-refractivity contribution in [2.45, 2.75) is 32.5 Å². The lowest BCUT2D eigenvalue weighted by atomic mass is 9.93.